The molecule has 1 aromatic carbocycles. The van der Waals surface area contributed by atoms with Crippen molar-refractivity contribution >= 4 is 45.8 Å². The fourth-order valence-electron chi connectivity index (χ4n) is 3.77. The maximum Gasteiger partial charge on any atom is 0.409 e. The molecule has 1 aliphatic rings. The summed E-state index contributed by atoms with van der Waals surface area (Å²) in [4.78, 5) is 32.6. The number of carbonyl (C=O) groups is 2. The van der Waals surface area contributed by atoms with Gasteiger partial charge < -0.3 is 19.1 Å². The van der Waals surface area contributed by atoms with Crippen LogP contribution in [0.2, 0.25) is 0 Å². The number of hydrogen-bond acceptors (Lipinski definition) is 7. The lowest BCUT2D eigenvalue weighted by Crippen LogP contribution is -2.51. The lowest BCUT2D eigenvalue weighted by atomic mass is 10.2. The lowest BCUT2D eigenvalue weighted by molar-refractivity contribution is -0.129. The third kappa shape index (κ3) is 4.43. The van der Waals surface area contributed by atoms with Crippen LogP contribution in [0.4, 0.5) is 4.79 Å². The molecule has 1 aliphatic heterocycles. The normalized spacial score (nSPS) is 14.4. The average Bonchev–Trinajstić information content (AvgIpc) is 3.11. The number of amides is 2. The molecule has 0 spiro atoms. The fraction of sp³-hybridized carbons (Fsp3) is 0.476. The van der Waals surface area contributed by atoms with E-state index in [1.54, 1.807) is 16.7 Å². The molecule has 0 atom stereocenters. The minimum Gasteiger partial charge on any atom is -0.450 e. The lowest BCUT2D eigenvalue weighted by Gasteiger charge is -2.33. The second kappa shape index (κ2) is 9.51. The number of nitrogens with zero attached hydrogens (tertiary/aromatic N) is 6. The van der Waals surface area contributed by atoms with Crippen molar-refractivity contribution in [3.05, 3.63) is 24.3 Å². The molecule has 9 nitrogen and oxygen atoms in total. The zero-order chi connectivity index (χ0) is 21.8. The summed E-state index contributed by atoms with van der Waals surface area (Å²) in [6.45, 7) is 7.08. The van der Waals surface area contributed by atoms with Crippen LogP contribution in [0.3, 0.4) is 0 Å². The molecular weight excluding hydrogens is 416 g/mol. The summed E-state index contributed by atoms with van der Waals surface area (Å²) in [5.41, 5.74) is 2.68. The minimum atomic E-state index is -0.320. The first-order valence-electron chi connectivity index (χ1n) is 10.6. The van der Waals surface area contributed by atoms with Crippen LogP contribution < -0.4 is 0 Å². The van der Waals surface area contributed by atoms with Gasteiger partial charge in [0, 0.05) is 38.1 Å². The van der Waals surface area contributed by atoms with Gasteiger partial charge in [-0.1, -0.05) is 36.9 Å². The topological polar surface area (TPSA) is 93.5 Å². The Kier molecular flexibility index (Phi) is 6.55. The van der Waals surface area contributed by atoms with E-state index in [1.807, 2.05) is 18.2 Å². The second-order valence-corrected chi connectivity index (χ2v) is 8.23. The van der Waals surface area contributed by atoms with Crippen LogP contribution in [0.25, 0.3) is 22.1 Å². The van der Waals surface area contributed by atoms with Crippen LogP contribution in [-0.2, 0) is 16.1 Å². The van der Waals surface area contributed by atoms with E-state index in [0.29, 0.717) is 37.9 Å². The molecule has 0 N–H and O–H groups in total. The molecule has 3 heterocycles. The number of rotatable bonds is 6. The molecule has 10 heteroatoms. The van der Waals surface area contributed by atoms with Crippen LogP contribution in [0.5, 0.6) is 0 Å². The van der Waals surface area contributed by atoms with E-state index in [4.69, 9.17) is 9.72 Å². The quantitative estimate of drug-likeness (QED) is 0.542. The molecule has 1 saturated heterocycles. The van der Waals surface area contributed by atoms with Gasteiger partial charge in [0.15, 0.2) is 5.65 Å². The van der Waals surface area contributed by atoms with E-state index in [9.17, 15) is 9.59 Å². The number of hydrogen-bond donors (Lipinski definition) is 0. The Hall–Kier alpha value is -2.88. The Balaban J connectivity index is 1.42. The molecule has 0 aliphatic carbocycles. The Morgan fingerprint density at radius 2 is 1.81 bits per heavy atom. The van der Waals surface area contributed by atoms with Crippen molar-refractivity contribution in [2.24, 2.45) is 0 Å². The van der Waals surface area contributed by atoms with Gasteiger partial charge in [-0.15, -0.1) is 10.2 Å². The van der Waals surface area contributed by atoms with Crippen LogP contribution in [0.1, 0.15) is 20.3 Å². The molecule has 4 rings (SSSR count). The molecule has 0 unspecified atom stereocenters. The van der Waals surface area contributed by atoms with Crippen molar-refractivity contribution in [2.75, 3.05) is 38.5 Å². The summed E-state index contributed by atoms with van der Waals surface area (Å²) >= 11 is 1.29. The first-order chi connectivity index (χ1) is 15.1. The van der Waals surface area contributed by atoms with E-state index in [1.165, 1.54) is 11.8 Å². The highest BCUT2D eigenvalue weighted by Crippen LogP contribution is 2.27. The predicted octanol–water partition coefficient (Wildman–Crippen LogP) is 2.78. The van der Waals surface area contributed by atoms with E-state index in [-0.39, 0.29) is 17.8 Å². The Bertz CT molecular complexity index is 1090. The Morgan fingerprint density at radius 1 is 1.06 bits per heavy atom. The third-order valence-electron chi connectivity index (χ3n) is 5.28. The maximum atomic E-state index is 12.6. The number of thioether (sulfide) groups is 1. The highest BCUT2D eigenvalue weighted by molar-refractivity contribution is 7.99. The van der Waals surface area contributed by atoms with Crippen molar-refractivity contribution in [1.29, 1.82) is 0 Å². The van der Waals surface area contributed by atoms with Crippen molar-refractivity contribution in [2.45, 2.75) is 32.0 Å². The predicted molar refractivity (Wildman–Crippen MR) is 119 cm³/mol. The van der Waals surface area contributed by atoms with Crippen molar-refractivity contribution in [3.8, 4) is 0 Å². The molecule has 2 amide bonds. The number of aryl methyl sites for hydroxylation is 1. The second-order valence-electron chi connectivity index (χ2n) is 7.29. The smallest absolute Gasteiger partial charge is 0.409 e. The van der Waals surface area contributed by atoms with Crippen LogP contribution >= 0.6 is 11.8 Å². The molecule has 3 aromatic rings. The highest BCUT2D eigenvalue weighted by Gasteiger charge is 2.25. The van der Waals surface area contributed by atoms with Crippen LogP contribution in [-0.4, -0.2) is 80.1 Å². The zero-order valence-electron chi connectivity index (χ0n) is 17.8. The number of aromatic nitrogens is 4. The summed E-state index contributed by atoms with van der Waals surface area (Å²) in [6.07, 6.45) is 0.662. The van der Waals surface area contributed by atoms with Gasteiger partial charge in [-0.05, 0) is 19.4 Å². The SMILES string of the molecule is CCCn1c2ccccc2c2nnc(SCC(=O)N3CCN(C(=O)OCC)CC3)nc21. The molecule has 0 saturated carbocycles. The summed E-state index contributed by atoms with van der Waals surface area (Å²) in [6, 6.07) is 8.10. The summed E-state index contributed by atoms with van der Waals surface area (Å²) in [5, 5.41) is 10.2. The molecule has 31 heavy (non-hydrogen) atoms. The monoisotopic (exact) mass is 442 g/mol. The van der Waals surface area contributed by atoms with Gasteiger partial charge in [0.05, 0.1) is 17.9 Å². The number of fused-ring (bicyclic) bond motifs is 3. The molecule has 164 valence electrons. The summed E-state index contributed by atoms with van der Waals surface area (Å²) < 4.78 is 7.19. The van der Waals surface area contributed by atoms with Crippen molar-refractivity contribution < 1.29 is 14.3 Å². The van der Waals surface area contributed by atoms with E-state index in [2.05, 4.69) is 27.8 Å². The number of piperazine rings is 1. The molecular formula is C21H26N6O3S. The fourth-order valence-corrected chi connectivity index (χ4v) is 4.46. The van der Waals surface area contributed by atoms with Gasteiger partial charge in [0.2, 0.25) is 11.1 Å². The standard InChI is InChI=1S/C21H26N6O3S/c1-3-9-27-16-8-6-5-7-15(16)18-19(27)22-20(24-23-18)31-14-17(28)25-10-12-26(13-11-25)21(29)30-4-2/h5-8H,3-4,9-14H2,1-2H3. The first kappa shape index (κ1) is 21.4. The van der Waals surface area contributed by atoms with Crippen LogP contribution in [0, 0.1) is 0 Å². The first-order valence-corrected chi connectivity index (χ1v) is 11.5. The Labute approximate surface area is 184 Å². The number of ether oxygens (including phenoxy) is 1. The van der Waals surface area contributed by atoms with Crippen molar-refractivity contribution in [1.82, 2.24) is 29.5 Å². The minimum absolute atomic E-state index is 0.00584. The van der Waals surface area contributed by atoms with E-state index >= 15 is 0 Å². The van der Waals surface area contributed by atoms with Gasteiger partial charge in [-0.25, -0.2) is 9.78 Å². The van der Waals surface area contributed by atoms with Gasteiger partial charge in [0.25, 0.3) is 0 Å². The highest BCUT2D eigenvalue weighted by atomic mass is 32.2. The molecule has 0 radical (unpaired) electrons. The van der Waals surface area contributed by atoms with Crippen LogP contribution in [0.15, 0.2) is 29.4 Å². The molecule has 1 fully saturated rings. The van der Waals surface area contributed by atoms with Gasteiger partial charge >= 0.3 is 6.09 Å². The van der Waals surface area contributed by atoms with Gasteiger partial charge in [0.1, 0.15) is 5.52 Å². The van der Waals surface area contributed by atoms with Crippen molar-refractivity contribution in [3.63, 3.8) is 0 Å². The van der Waals surface area contributed by atoms with Gasteiger partial charge in [-0.3, -0.25) is 4.79 Å². The zero-order valence-corrected chi connectivity index (χ0v) is 18.6. The Morgan fingerprint density at radius 3 is 2.55 bits per heavy atom. The summed E-state index contributed by atoms with van der Waals surface area (Å²) in [5.74, 6) is 0.243. The number of carbonyl (C=O) groups excluding carboxylic acids is 2. The molecule has 2 aromatic heterocycles. The number of para-hydroxylation sites is 1. The third-order valence-corrected chi connectivity index (χ3v) is 6.11. The van der Waals surface area contributed by atoms with E-state index in [0.717, 1.165) is 35.0 Å². The average molecular weight is 443 g/mol. The molecule has 0 bridgehead atoms. The summed E-state index contributed by atoms with van der Waals surface area (Å²) in [7, 11) is 0. The van der Waals surface area contributed by atoms with E-state index < -0.39 is 0 Å². The largest absolute Gasteiger partial charge is 0.450 e. The number of benzene rings is 1. The maximum absolute atomic E-state index is 12.6. The van der Waals surface area contributed by atoms with Gasteiger partial charge in [-0.2, -0.15) is 0 Å².